The largest absolute Gasteiger partial charge is 0.467 e. The van der Waals surface area contributed by atoms with Gasteiger partial charge in [0.2, 0.25) is 5.91 Å². The molecule has 6 nitrogen and oxygen atoms in total. The number of nitrogens with zero attached hydrogens (tertiary/aromatic N) is 2. The normalized spacial score (nSPS) is 11.7. The van der Waals surface area contributed by atoms with Crippen molar-refractivity contribution in [1.29, 1.82) is 0 Å². The molecule has 0 unspecified atom stereocenters. The molecule has 27 heavy (non-hydrogen) atoms. The van der Waals surface area contributed by atoms with Gasteiger partial charge in [0, 0.05) is 10.6 Å². The lowest BCUT2D eigenvalue weighted by Crippen LogP contribution is -2.41. The van der Waals surface area contributed by atoms with Crippen LogP contribution >= 0.6 is 23.4 Å². The second-order valence-corrected chi connectivity index (χ2v) is 8.49. The Morgan fingerprint density at radius 1 is 1.33 bits per heavy atom. The van der Waals surface area contributed by atoms with Crippen LogP contribution in [0.2, 0.25) is 5.02 Å². The van der Waals surface area contributed by atoms with Gasteiger partial charge in [0.05, 0.1) is 29.5 Å². The Morgan fingerprint density at radius 3 is 2.78 bits per heavy atom. The van der Waals surface area contributed by atoms with E-state index in [9.17, 15) is 9.59 Å². The van der Waals surface area contributed by atoms with Crippen LogP contribution in [0.25, 0.3) is 10.9 Å². The van der Waals surface area contributed by atoms with Gasteiger partial charge in [-0.1, -0.05) is 23.4 Å². The summed E-state index contributed by atoms with van der Waals surface area (Å²) in [7, 11) is 0. The van der Waals surface area contributed by atoms with Gasteiger partial charge in [-0.3, -0.25) is 14.2 Å². The van der Waals surface area contributed by atoms with Crippen molar-refractivity contribution in [2.24, 2.45) is 0 Å². The number of benzene rings is 1. The summed E-state index contributed by atoms with van der Waals surface area (Å²) in [5.41, 5.74) is -0.0239. The van der Waals surface area contributed by atoms with Gasteiger partial charge in [0.25, 0.3) is 5.56 Å². The van der Waals surface area contributed by atoms with Crippen LogP contribution in [0.1, 0.15) is 26.5 Å². The number of nitrogens with one attached hydrogen (secondary N) is 1. The fraction of sp³-hybridized carbons (Fsp3) is 0.316. The first-order valence-corrected chi connectivity index (χ1v) is 9.75. The third-order valence-corrected chi connectivity index (χ3v) is 4.83. The van der Waals surface area contributed by atoms with Crippen molar-refractivity contribution >= 4 is 40.2 Å². The van der Waals surface area contributed by atoms with E-state index < -0.39 is 0 Å². The van der Waals surface area contributed by atoms with Gasteiger partial charge >= 0.3 is 0 Å². The molecule has 0 bridgehead atoms. The minimum absolute atomic E-state index is 0.127. The summed E-state index contributed by atoms with van der Waals surface area (Å²) in [6, 6.07) is 8.52. The SMILES string of the molecule is CC(C)(C)NC(=O)CSc1nc2cc(Cl)ccc2c(=O)n1Cc1ccco1. The van der Waals surface area contributed by atoms with Crippen molar-refractivity contribution < 1.29 is 9.21 Å². The number of aromatic nitrogens is 2. The van der Waals surface area contributed by atoms with Crippen LogP contribution in [-0.2, 0) is 11.3 Å². The quantitative estimate of drug-likeness (QED) is 0.517. The van der Waals surface area contributed by atoms with E-state index in [-0.39, 0.29) is 29.3 Å². The summed E-state index contributed by atoms with van der Waals surface area (Å²) in [5.74, 6) is 0.652. The second kappa shape index (κ2) is 7.78. The molecule has 2 heterocycles. The van der Waals surface area contributed by atoms with Crippen LogP contribution in [0, 0.1) is 0 Å². The fourth-order valence-corrected chi connectivity index (χ4v) is 3.53. The van der Waals surface area contributed by atoms with Gasteiger partial charge in [0.1, 0.15) is 5.76 Å². The summed E-state index contributed by atoms with van der Waals surface area (Å²) in [5, 5.41) is 4.31. The van der Waals surface area contributed by atoms with Crippen LogP contribution in [0.3, 0.4) is 0 Å². The van der Waals surface area contributed by atoms with Gasteiger partial charge < -0.3 is 9.73 Å². The topological polar surface area (TPSA) is 77.1 Å². The molecule has 0 saturated carbocycles. The Bertz CT molecular complexity index is 1020. The molecule has 0 radical (unpaired) electrons. The van der Waals surface area contributed by atoms with E-state index in [1.54, 1.807) is 36.6 Å². The molecule has 0 atom stereocenters. The highest BCUT2D eigenvalue weighted by molar-refractivity contribution is 7.99. The van der Waals surface area contributed by atoms with Crippen molar-refractivity contribution in [3.63, 3.8) is 0 Å². The third kappa shape index (κ3) is 4.93. The molecule has 0 saturated heterocycles. The van der Waals surface area contributed by atoms with Gasteiger partial charge in [-0.05, 0) is 51.1 Å². The number of carbonyl (C=O) groups is 1. The van der Waals surface area contributed by atoms with E-state index >= 15 is 0 Å². The zero-order valence-electron chi connectivity index (χ0n) is 15.3. The zero-order valence-corrected chi connectivity index (χ0v) is 16.9. The number of furan rings is 1. The van der Waals surface area contributed by atoms with Crippen molar-refractivity contribution in [2.45, 2.75) is 38.0 Å². The van der Waals surface area contributed by atoms with Crippen LogP contribution in [-0.4, -0.2) is 26.8 Å². The minimum atomic E-state index is -0.324. The molecule has 1 N–H and O–H groups in total. The maximum atomic E-state index is 13.0. The van der Waals surface area contributed by atoms with Crippen molar-refractivity contribution in [3.05, 3.63) is 57.7 Å². The minimum Gasteiger partial charge on any atom is -0.467 e. The molecule has 0 fully saturated rings. The average molecular weight is 406 g/mol. The van der Waals surface area contributed by atoms with E-state index in [0.717, 1.165) is 0 Å². The van der Waals surface area contributed by atoms with Crippen molar-refractivity contribution in [1.82, 2.24) is 14.9 Å². The predicted molar refractivity (Wildman–Crippen MR) is 107 cm³/mol. The Balaban J connectivity index is 1.97. The van der Waals surface area contributed by atoms with Crippen LogP contribution < -0.4 is 10.9 Å². The molecule has 1 aromatic carbocycles. The van der Waals surface area contributed by atoms with Gasteiger partial charge in [-0.25, -0.2) is 4.98 Å². The maximum absolute atomic E-state index is 13.0. The van der Waals surface area contributed by atoms with Gasteiger partial charge in [-0.15, -0.1) is 0 Å². The van der Waals surface area contributed by atoms with E-state index in [0.29, 0.717) is 26.8 Å². The first-order valence-electron chi connectivity index (χ1n) is 8.39. The smallest absolute Gasteiger partial charge is 0.262 e. The summed E-state index contributed by atoms with van der Waals surface area (Å²) in [4.78, 5) is 29.7. The molecule has 2 aromatic heterocycles. The van der Waals surface area contributed by atoms with E-state index in [1.807, 2.05) is 20.8 Å². The second-order valence-electron chi connectivity index (χ2n) is 7.11. The number of hydrogen-bond acceptors (Lipinski definition) is 5. The summed E-state index contributed by atoms with van der Waals surface area (Å²) < 4.78 is 6.89. The number of fused-ring (bicyclic) bond motifs is 1. The highest BCUT2D eigenvalue weighted by atomic mass is 35.5. The highest BCUT2D eigenvalue weighted by Crippen LogP contribution is 2.21. The highest BCUT2D eigenvalue weighted by Gasteiger charge is 2.17. The summed E-state index contributed by atoms with van der Waals surface area (Å²) >= 11 is 7.25. The Hall–Kier alpha value is -2.25. The number of halogens is 1. The van der Waals surface area contributed by atoms with Gasteiger partial charge in [-0.2, -0.15) is 0 Å². The molecular weight excluding hydrogens is 386 g/mol. The predicted octanol–water partition coefficient (Wildman–Crippen LogP) is 3.70. The molecule has 0 aliphatic rings. The first kappa shape index (κ1) is 19.5. The van der Waals surface area contributed by atoms with Crippen molar-refractivity contribution in [3.8, 4) is 0 Å². The van der Waals surface area contributed by atoms with Crippen LogP contribution in [0.15, 0.2) is 51.0 Å². The zero-order chi connectivity index (χ0) is 19.6. The fourth-order valence-electron chi connectivity index (χ4n) is 2.57. The molecule has 8 heteroatoms. The number of carbonyl (C=O) groups excluding carboxylic acids is 1. The monoisotopic (exact) mass is 405 g/mol. The third-order valence-electron chi connectivity index (χ3n) is 3.62. The molecular formula is C19H20ClN3O3S. The Morgan fingerprint density at radius 2 is 2.11 bits per heavy atom. The van der Waals surface area contributed by atoms with Crippen LogP contribution in [0.4, 0.5) is 0 Å². The summed E-state index contributed by atoms with van der Waals surface area (Å²) in [6.07, 6.45) is 1.55. The number of rotatable bonds is 5. The molecule has 0 aliphatic carbocycles. The lowest BCUT2D eigenvalue weighted by atomic mass is 10.1. The van der Waals surface area contributed by atoms with Crippen LogP contribution in [0.5, 0.6) is 0 Å². The van der Waals surface area contributed by atoms with E-state index in [2.05, 4.69) is 10.3 Å². The molecule has 3 rings (SSSR count). The van der Waals surface area contributed by atoms with E-state index in [4.69, 9.17) is 16.0 Å². The number of amides is 1. The lowest BCUT2D eigenvalue weighted by molar-refractivity contribution is -0.119. The van der Waals surface area contributed by atoms with Crippen molar-refractivity contribution in [2.75, 3.05) is 5.75 Å². The Kier molecular flexibility index (Phi) is 5.62. The molecule has 1 amide bonds. The maximum Gasteiger partial charge on any atom is 0.262 e. The Labute approximate surface area is 165 Å². The summed E-state index contributed by atoms with van der Waals surface area (Å²) in [6.45, 7) is 5.98. The lowest BCUT2D eigenvalue weighted by Gasteiger charge is -2.20. The average Bonchev–Trinajstić information content (AvgIpc) is 3.07. The molecule has 142 valence electrons. The number of hydrogen-bond donors (Lipinski definition) is 1. The molecule has 0 spiro atoms. The molecule has 0 aliphatic heterocycles. The first-order chi connectivity index (χ1) is 12.7. The number of thioether (sulfide) groups is 1. The molecule has 3 aromatic rings. The standard InChI is InChI=1S/C19H20ClN3O3S/c1-19(2,3)22-16(24)11-27-18-21-15-9-12(20)6-7-14(15)17(25)23(18)10-13-5-4-8-26-13/h4-9H,10-11H2,1-3H3,(H,22,24). The van der Waals surface area contributed by atoms with E-state index in [1.165, 1.54) is 16.3 Å². The van der Waals surface area contributed by atoms with Gasteiger partial charge in [0.15, 0.2) is 5.16 Å².